The summed E-state index contributed by atoms with van der Waals surface area (Å²) in [6, 6.07) is 2.26. The van der Waals surface area contributed by atoms with Crippen LogP contribution in [0.4, 0.5) is 5.95 Å². The Kier molecular flexibility index (Phi) is 4.96. The average Bonchev–Trinajstić information content (AvgIpc) is 2.93. The Labute approximate surface area is 115 Å². The Morgan fingerprint density at radius 3 is 3.05 bits per heavy atom. The first-order chi connectivity index (χ1) is 9.26. The number of nitrogens with two attached hydrogens (primary N) is 1. The van der Waals surface area contributed by atoms with Crippen molar-refractivity contribution in [3.05, 3.63) is 12.3 Å². The third-order valence-electron chi connectivity index (χ3n) is 3.81. The third-order valence-corrected chi connectivity index (χ3v) is 3.81. The topological polar surface area (TPSA) is 64.3 Å². The minimum Gasteiger partial charge on any atom is -0.478 e. The zero-order valence-electron chi connectivity index (χ0n) is 11.9. The van der Waals surface area contributed by atoms with E-state index in [0.717, 1.165) is 18.9 Å². The van der Waals surface area contributed by atoms with Crippen molar-refractivity contribution in [3.8, 4) is 5.88 Å². The van der Waals surface area contributed by atoms with Gasteiger partial charge < -0.3 is 15.4 Å². The summed E-state index contributed by atoms with van der Waals surface area (Å²) in [6.45, 7) is 3.51. The highest BCUT2D eigenvalue weighted by atomic mass is 16.5. The van der Waals surface area contributed by atoms with Gasteiger partial charge in [-0.1, -0.05) is 13.3 Å². The minimum atomic E-state index is 0.450. The molecule has 2 unspecified atom stereocenters. The molecule has 5 nitrogen and oxygen atoms in total. The molecule has 2 atom stereocenters. The molecule has 1 aliphatic carbocycles. The van der Waals surface area contributed by atoms with Gasteiger partial charge in [0.15, 0.2) is 0 Å². The lowest BCUT2D eigenvalue weighted by atomic mass is 10.0. The van der Waals surface area contributed by atoms with Gasteiger partial charge >= 0.3 is 0 Å². The highest BCUT2D eigenvalue weighted by molar-refractivity contribution is 5.33. The van der Waals surface area contributed by atoms with Crippen LogP contribution in [0.5, 0.6) is 5.88 Å². The first-order valence-electron chi connectivity index (χ1n) is 7.15. The quantitative estimate of drug-likeness (QED) is 0.849. The Hall–Kier alpha value is -1.36. The van der Waals surface area contributed by atoms with Gasteiger partial charge in [0.1, 0.15) is 0 Å². The van der Waals surface area contributed by atoms with Crippen molar-refractivity contribution in [2.45, 2.75) is 38.6 Å². The molecular weight excluding hydrogens is 240 g/mol. The molecule has 19 heavy (non-hydrogen) atoms. The number of hydrogen-bond donors (Lipinski definition) is 1. The molecule has 0 aromatic carbocycles. The lowest BCUT2D eigenvalue weighted by molar-refractivity contribution is 0.304. The zero-order chi connectivity index (χ0) is 13.7. The molecule has 0 spiro atoms. The molecule has 1 heterocycles. The van der Waals surface area contributed by atoms with Crippen molar-refractivity contribution in [2.24, 2.45) is 11.7 Å². The smallest absolute Gasteiger partial charge is 0.228 e. The van der Waals surface area contributed by atoms with Gasteiger partial charge in [-0.05, 0) is 31.7 Å². The number of hydrogen-bond acceptors (Lipinski definition) is 5. The fourth-order valence-corrected chi connectivity index (χ4v) is 2.74. The molecule has 0 radical (unpaired) electrons. The monoisotopic (exact) mass is 264 g/mol. The largest absolute Gasteiger partial charge is 0.478 e. The van der Waals surface area contributed by atoms with E-state index >= 15 is 0 Å². The molecule has 1 fully saturated rings. The van der Waals surface area contributed by atoms with Crippen molar-refractivity contribution in [3.63, 3.8) is 0 Å². The lowest BCUT2D eigenvalue weighted by Gasteiger charge is -2.29. The maximum Gasteiger partial charge on any atom is 0.228 e. The molecular formula is C14H24N4O. The Balaban J connectivity index is 2.07. The van der Waals surface area contributed by atoms with E-state index in [0.29, 0.717) is 24.4 Å². The summed E-state index contributed by atoms with van der Waals surface area (Å²) in [4.78, 5) is 11.0. The predicted octanol–water partition coefficient (Wildman–Crippen LogP) is 1.83. The summed E-state index contributed by atoms with van der Waals surface area (Å²) < 4.78 is 5.56. The second-order valence-corrected chi connectivity index (χ2v) is 5.15. The van der Waals surface area contributed by atoms with Crippen LogP contribution in [-0.4, -0.2) is 36.2 Å². The third kappa shape index (κ3) is 3.35. The second kappa shape index (κ2) is 6.70. The van der Waals surface area contributed by atoms with Gasteiger partial charge in [-0.25, -0.2) is 4.98 Å². The Morgan fingerprint density at radius 1 is 1.47 bits per heavy atom. The van der Waals surface area contributed by atoms with E-state index in [1.54, 1.807) is 6.20 Å². The van der Waals surface area contributed by atoms with Crippen LogP contribution in [0.1, 0.15) is 32.6 Å². The zero-order valence-corrected chi connectivity index (χ0v) is 11.9. The normalized spacial score (nSPS) is 22.5. The highest BCUT2D eigenvalue weighted by Gasteiger charge is 2.30. The van der Waals surface area contributed by atoms with E-state index in [2.05, 4.69) is 28.8 Å². The molecule has 2 rings (SSSR count). The molecule has 0 bridgehead atoms. The Bertz CT molecular complexity index is 399. The highest BCUT2D eigenvalue weighted by Crippen LogP contribution is 2.30. The fourth-order valence-electron chi connectivity index (χ4n) is 2.74. The molecule has 106 valence electrons. The number of nitrogens with zero attached hydrogens (tertiary/aromatic N) is 3. The summed E-state index contributed by atoms with van der Waals surface area (Å²) in [5.41, 5.74) is 5.84. The van der Waals surface area contributed by atoms with Crippen molar-refractivity contribution in [1.82, 2.24) is 9.97 Å². The first-order valence-corrected chi connectivity index (χ1v) is 7.15. The summed E-state index contributed by atoms with van der Waals surface area (Å²) in [6.07, 6.45) is 6.35. The molecule has 5 heteroatoms. The van der Waals surface area contributed by atoms with E-state index in [9.17, 15) is 0 Å². The van der Waals surface area contributed by atoms with Crippen LogP contribution in [-0.2, 0) is 0 Å². The van der Waals surface area contributed by atoms with Crippen molar-refractivity contribution < 1.29 is 4.74 Å². The second-order valence-electron chi connectivity index (χ2n) is 5.15. The lowest BCUT2D eigenvalue weighted by Crippen LogP contribution is -2.38. The maximum atomic E-state index is 5.84. The maximum absolute atomic E-state index is 5.84. The van der Waals surface area contributed by atoms with E-state index in [1.165, 1.54) is 19.3 Å². The summed E-state index contributed by atoms with van der Waals surface area (Å²) in [5.74, 6) is 1.94. The number of aromatic nitrogens is 2. The summed E-state index contributed by atoms with van der Waals surface area (Å²) in [5, 5.41) is 0. The summed E-state index contributed by atoms with van der Waals surface area (Å²) in [7, 11) is 2.05. The van der Waals surface area contributed by atoms with E-state index in [1.807, 2.05) is 6.07 Å². The van der Waals surface area contributed by atoms with Crippen LogP contribution in [0.15, 0.2) is 12.3 Å². The van der Waals surface area contributed by atoms with Gasteiger partial charge in [0.2, 0.25) is 11.8 Å². The van der Waals surface area contributed by atoms with Crippen LogP contribution in [0.3, 0.4) is 0 Å². The Morgan fingerprint density at radius 2 is 2.32 bits per heavy atom. The average molecular weight is 264 g/mol. The molecule has 0 amide bonds. The fraction of sp³-hybridized carbons (Fsp3) is 0.714. The van der Waals surface area contributed by atoms with Gasteiger partial charge in [-0.15, -0.1) is 0 Å². The van der Waals surface area contributed by atoms with Gasteiger partial charge in [0, 0.05) is 25.4 Å². The van der Waals surface area contributed by atoms with Crippen LogP contribution in [0.25, 0.3) is 0 Å². The van der Waals surface area contributed by atoms with Gasteiger partial charge in [0.25, 0.3) is 0 Å². The van der Waals surface area contributed by atoms with E-state index < -0.39 is 0 Å². The van der Waals surface area contributed by atoms with E-state index in [-0.39, 0.29) is 0 Å². The molecule has 1 aliphatic rings. The number of ether oxygens (including phenoxy) is 1. The standard InChI is InChI=1S/C14H24N4O/c1-3-9-19-13-7-8-16-14(17-13)18(2)12-6-4-5-11(12)10-15/h7-8,11-12H,3-6,9-10,15H2,1-2H3. The first kappa shape index (κ1) is 14.1. The van der Waals surface area contributed by atoms with Gasteiger partial charge in [-0.2, -0.15) is 4.98 Å². The minimum absolute atomic E-state index is 0.450. The molecule has 2 N–H and O–H groups in total. The summed E-state index contributed by atoms with van der Waals surface area (Å²) >= 11 is 0. The van der Waals surface area contributed by atoms with Crippen LogP contribution in [0, 0.1) is 5.92 Å². The number of rotatable bonds is 6. The van der Waals surface area contributed by atoms with Crippen LogP contribution >= 0.6 is 0 Å². The van der Waals surface area contributed by atoms with Gasteiger partial charge in [0.05, 0.1) is 6.61 Å². The van der Waals surface area contributed by atoms with Crippen LogP contribution in [0.2, 0.25) is 0 Å². The number of anilines is 1. The van der Waals surface area contributed by atoms with Crippen molar-refractivity contribution in [1.29, 1.82) is 0 Å². The van der Waals surface area contributed by atoms with E-state index in [4.69, 9.17) is 10.5 Å². The molecule has 0 aliphatic heterocycles. The molecule has 1 aromatic heterocycles. The molecule has 0 saturated heterocycles. The van der Waals surface area contributed by atoms with Crippen molar-refractivity contribution >= 4 is 5.95 Å². The van der Waals surface area contributed by atoms with Crippen LogP contribution < -0.4 is 15.4 Å². The molecule has 1 saturated carbocycles. The molecule has 1 aromatic rings. The SMILES string of the molecule is CCCOc1ccnc(N(C)C2CCCC2CN)n1. The van der Waals surface area contributed by atoms with Crippen molar-refractivity contribution in [2.75, 3.05) is 25.1 Å². The van der Waals surface area contributed by atoms with Gasteiger partial charge in [-0.3, -0.25) is 0 Å². The predicted molar refractivity (Wildman–Crippen MR) is 76.4 cm³/mol.